The number of nitrogens with one attached hydrogen (secondary N) is 1. The van der Waals surface area contributed by atoms with Crippen LogP contribution in [0.5, 0.6) is 0 Å². The van der Waals surface area contributed by atoms with E-state index < -0.39 is 0 Å². The Kier molecular flexibility index (Phi) is 4.85. The summed E-state index contributed by atoms with van der Waals surface area (Å²) in [4.78, 5) is 4.15. The monoisotopic (exact) mass is 272 g/mol. The van der Waals surface area contributed by atoms with Gasteiger partial charge in [0.1, 0.15) is 5.82 Å². The first-order valence-corrected chi connectivity index (χ1v) is 7.03. The summed E-state index contributed by atoms with van der Waals surface area (Å²) in [6.07, 6.45) is 4.54. The fourth-order valence-corrected chi connectivity index (χ4v) is 2.51. The van der Waals surface area contributed by atoms with E-state index in [4.69, 9.17) is 0 Å². The summed E-state index contributed by atoms with van der Waals surface area (Å²) in [5.74, 6) is -0.153. The van der Waals surface area contributed by atoms with Gasteiger partial charge in [-0.3, -0.25) is 4.98 Å². The fourth-order valence-electron chi connectivity index (χ4n) is 2.51. The van der Waals surface area contributed by atoms with Crippen molar-refractivity contribution in [3.63, 3.8) is 0 Å². The summed E-state index contributed by atoms with van der Waals surface area (Å²) in [5, 5.41) is 3.42. The highest BCUT2D eigenvalue weighted by Crippen LogP contribution is 2.28. The van der Waals surface area contributed by atoms with Gasteiger partial charge in [-0.1, -0.05) is 19.1 Å². The van der Waals surface area contributed by atoms with Crippen molar-refractivity contribution in [2.75, 3.05) is 6.54 Å². The van der Waals surface area contributed by atoms with Gasteiger partial charge in [0.25, 0.3) is 0 Å². The number of halogens is 1. The van der Waals surface area contributed by atoms with Crippen LogP contribution in [0.2, 0.25) is 0 Å². The third-order valence-electron chi connectivity index (χ3n) is 3.39. The lowest BCUT2D eigenvalue weighted by Crippen LogP contribution is -2.25. The molecule has 0 saturated heterocycles. The van der Waals surface area contributed by atoms with Crippen molar-refractivity contribution in [3.8, 4) is 0 Å². The van der Waals surface area contributed by atoms with Crippen LogP contribution < -0.4 is 5.32 Å². The van der Waals surface area contributed by atoms with Crippen molar-refractivity contribution in [2.24, 2.45) is 0 Å². The van der Waals surface area contributed by atoms with Crippen molar-refractivity contribution >= 4 is 0 Å². The lowest BCUT2D eigenvalue weighted by atomic mass is 9.94. The summed E-state index contributed by atoms with van der Waals surface area (Å²) in [7, 11) is 0. The number of aromatic nitrogens is 1. The minimum atomic E-state index is -0.153. The second-order valence-electron chi connectivity index (χ2n) is 5.15. The van der Waals surface area contributed by atoms with E-state index in [2.05, 4.69) is 17.2 Å². The molecule has 0 aliphatic carbocycles. The van der Waals surface area contributed by atoms with Crippen LogP contribution in [0.15, 0.2) is 36.7 Å². The zero-order chi connectivity index (χ0) is 14.5. The van der Waals surface area contributed by atoms with Gasteiger partial charge in [-0.25, -0.2) is 4.39 Å². The summed E-state index contributed by atoms with van der Waals surface area (Å²) in [5.41, 5.74) is 3.63. The highest BCUT2D eigenvalue weighted by atomic mass is 19.1. The second-order valence-corrected chi connectivity index (χ2v) is 5.15. The largest absolute Gasteiger partial charge is 0.306 e. The van der Waals surface area contributed by atoms with Crippen molar-refractivity contribution in [2.45, 2.75) is 33.2 Å². The minimum Gasteiger partial charge on any atom is -0.306 e. The van der Waals surface area contributed by atoms with Crippen LogP contribution in [0.4, 0.5) is 4.39 Å². The first-order chi connectivity index (χ1) is 9.63. The van der Waals surface area contributed by atoms with E-state index >= 15 is 0 Å². The zero-order valence-electron chi connectivity index (χ0n) is 12.3. The lowest BCUT2D eigenvalue weighted by Gasteiger charge is -2.22. The van der Waals surface area contributed by atoms with Crippen molar-refractivity contribution in [1.82, 2.24) is 10.3 Å². The van der Waals surface area contributed by atoms with Gasteiger partial charge in [0, 0.05) is 18.0 Å². The van der Waals surface area contributed by atoms with Gasteiger partial charge in [-0.2, -0.15) is 0 Å². The van der Waals surface area contributed by atoms with E-state index in [-0.39, 0.29) is 11.9 Å². The van der Waals surface area contributed by atoms with Crippen LogP contribution in [0.3, 0.4) is 0 Å². The van der Waals surface area contributed by atoms with Crippen molar-refractivity contribution < 1.29 is 4.39 Å². The molecule has 20 heavy (non-hydrogen) atoms. The molecule has 0 bridgehead atoms. The fraction of sp³-hybridized carbons (Fsp3) is 0.353. The Morgan fingerprint density at radius 1 is 1.30 bits per heavy atom. The Morgan fingerprint density at radius 3 is 2.70 bits per heavy atom. The van der Waals surface area contributed by atoms with Crippen molar-refractivity contribution in [3.05, 3.63) is 64.7 Å². The highest BCUT2D eigenvalue weighted by molar-refractivity contribution is 5.39. The summed E-state index contributed by atoms with van der Waals surface area (Å²) < 4.78 is 14.4. The first-order valence-electron chi connectivity index (χ1n) is 7.03. The number of aryl methyl sites for hydroxylation is 2. The Hall–Kier alpha value is -1.74. The molecule has 1 unspecified atom stereocenters. The molecule has 3 heteroatoms. The number of rotatable bonds is 5. The predicted octanol–water partition coefficient (Wildman–Crippen LogP) is 3.93. The summed E-state index contributed by atoms with van der Waals surface area (Å²) in [6, 6.07) is 7.34. The molecule has 2 nitrogen and oxygen atoms in total. The molecule has 1 atom stereocenters. The Morgan fingerprint density at radius 2 is 2.10 bits per heavy atom. The number of hydrogen-bond acceptors (Lipinski definition) is 2. The molecule has 2 rings (SSSR count). The third-order valence-corrected chi connectivity index (χ3v) is 3.39. The van der Waals surface area contributed by atoms with Gasteiger partial charge >= 0.3 is 0 Å². The molecule has 1 heterocycles. The van der Waals surface area contributed by atoms with Crippen LogP contribution in [0.1, 0.15) is 41.6 Å². The molecule has 0 amide bonds. The molecule has 2 aromatic rings. The number of nitrogens with zero attached hydrogens (tertiary/aromatic N) is 1. The molecule has 0 spiro atoms. The maximum atomic E-state index is 14.4. The maximum absolute atomic E-state index is 14.4. The van der Waals surface area contributed by atoms with E-state index in [0.29, 0.717) is 0 Å². The van der Waals surface area contributed by atoms with E-state index in [9.17, 15) is 4.39 Å². The molecule has 0 aliphatic rings. The lowest BCUT2D eigenvalue weighted by molar-refractivity contribution is 0.542. The van der Waals surface area contributed by atoms with E-state index in [1.807, 2.05) is 32.0 Å². The van der Waals surface area contributed by atoms with Gasteiger partial charge in [0.15, 0.2) is 0 Å². The molecule has 1 N–H and O–H groups in total. The molecule has 1 aromatic carbocycles. The predicted molar refractivity (Wildman–Crippen MR) is 80.2 cm³/mol. The molecular formula is C17H21FN2. The molecule has 106 valence electrons. The Bertz CT molecular complexity index is 543. The van der Waals surface area contributed by atoms with Crippen molar-refractivity contribution in [1.29, 1.82) is 0 Å². The normalized spacial score (nSPS) is 12.4. The van der Waals surface area contributed by atoms with Gasteiger partial charge in [-0.05, 0) is 55.6 Å². The smallest absolute Gasteiger partial charge is 0.128 e. The minimum absolute atomic E-state index is 0.149. The van der Waals surface area contributed by atoms with E-state index in [1.54, 1.807) is 18.5 Å². The SMILES string of the molecule is CCCNC(c1cccnc1)c1c(C)cc(C)cc1F. The Labute approximate surface area is 120 Å². The van der Waals surface area contributed by atoms with Crippen LogP contribution in [-0.4, -0.2) is 11.5 Å². The molecule has 0 fully saturated rings. The van der Waals surface area contributed by atoms with Crippen LogP contribution in [-0.2, 0) is 0 Å². The topological polar surface area (TPSA) is 24.9 Å². The number of benzene rings is 1. The van der Waals surface area contributed by atoms with Gasteiger partial charge in [-0.15, -0.1) is 0 Å². The zero-order valence-corrected chi connectivity index (χ0v) is 12.3. The second kappa shape index (κ2) is 6.62. The molecule has 0 saturated carbocycles. The Balaban J connectivity index is 2.47. The summed E-state index contributed by atoms with van der Waals surface area (Å²) >= 11 is 0. The van der Waals surface area contributed by atoms with E-state index in [0.717, 1.165) is 35.2 Å². The quantitative estimate of drug-likeness (QED) is 0.892. The maximum Gasteiger partial charge on any atom is 0.128 e. The first kappa shape index (κ1) is 14.7. The summed E-state index contributed by atoms with van der Waals surface area (Å²) in [6.45, 7) is 6.82. The number of hydrogen-bond donors (Lipinski definition) is 1. The van der Waals surface area contributed by atoms with E-state index in [1.165, 1.54) is 0 Å². The third kappa shape index (κ3) is 3.23. The molecular weight excluding hydrogens is 251 g/mol. The van der Waals surface area contributed by atoms with Crippen LogP contribution >= 0.6 is 0 Å². The van der Waals surface area contributed by atoms with Crippen LogP contribution in [0, 0.1) is 19.7 Å². The average Bonchev–Trinajstić information content (AvgIpc) is 2.42. The van der Waals surface area contributed by atoms with Gasteiger partial charge < -0.3 is 5.32 Å². The highest BCUT2D eigenvalue weighted by Gasteiger charge is 2.20. The molecule has 0 aliphatic heterocycles. The average molecular weight is 272 g/mol. The number of pyridine rings is 1. The standard InChI is InChI=1S/C17H21FN2/c1-4-7-20-17(14-6-5-8-19-11-14)16-13(3)9-12(2)10-15(16)18/h5-6,8-11,17,20H,4,7H2,1-3H3. The van der Waals surface area contributed by atoms with Gasteiger partial charge in [0.2, 0.25) is 0 Å². The molecule has 1 aromatic heterocycles. The van der Waals surface area contributed by atoms with Gasteiger partial charge in [0.05, 0.1) is 6.04 Å². The molecule has 0 radical (unpaired) electrons. The van der Waals surface area contributed by atoms with Crippen LogP contribution in [0.25, 0.3) is 0 Å².